The molecule has 1 fully saturated rings. The van der Waals surface area contributed by atoms with E-state index in [1.54, 1.807) is 0 Å². The molecule has 1 heterocycles. The highest BCUT2D eigenvalue weighted by Gasteiger charge is 2.22. The average molecular weight is 325 g/mol. The molecular formula is C18H29ClN2O. The van der Waals surface area contributed by atoms with Crippen molar-refractivity contribution in [1.82, 2.24) is 10.6 Å². The predicted octanol–water partition coefficient (Wildman–Crippen LogP) is 3.33. The van der Waals surface area contributed by atoms with E-state index in [0.717, 1.165) is 51.6 Å². The highest BCUT2D eigenvalue weighted by molar-refractivity contribution is 5.85. The van der Waals surface area contributed by atoms with E-state index in [1.807, 2.05) is 6.07 Å². The van der Waals surface area contributed by atoms with Gasteiger partial charge in [-0.25, -0.2) is 0 Å². The normalized spacial score (nSPS) is 19.0. The maximum absolute atomic E-state index is 12.3. The molecule has 0 saturated carbocycles. The van der Waals surface area contributed by atoms with E-state index >= 15 is 0 Å². The molecule has 3 nitrogen and oxygen atoms in total. The van der Waals surface area contributed by atoms with Crippen molar-refractivity contribution in [2.24, 2.45) is 5.92 Å². The van der Waals surface area contributed by atoms with Gasteiger partial charge in [0.25, 0.3) is 0 Å². The molecule has 0 aliphatic carbocycles. The number of amides is 1. The summed E-state index contributed by atoms with van der Waals surface area (Å²) in [5, 5.41) is 6.60. The third kappa shape index (κ3) is 6.37. The topological polar surface area (TPSA) is 41.1 Å². The molecule has 2 unspecified atom stereocenters. The second-order valence-electron chi connectivity index (χ2n) is 6.06. The van der Waals surface area contributed by atoms with Gasteiger partial charge in [-0.2, -0.15) is 0 Å². The van der Waals surface area contributed by atoms with Gasteiger partial charge in [-0.1, -0.05) is 43.7 Å². The lowest BCUT2D eigenvalue weighted by Crippen LogP contribution is -2.44. The molecule has 0 radical (unpaired) electrons. The molecule has 1 aliphatic heterocycles. The van der Waals surface area contributed by atoms with Gasteiger partial charge in [0.1, 0.15) is 0 Å². The van der Waals surface area contributed by atoms with Crippen LogP contribution < -0.4 is 10.6 Å². The Balaban J connectivity index is 0.00000242. The quantitative estimate of drug-likeness (QED) is 0.807. The number of benzene rings is 1. The molecule has 2 atom stereocenters. The second-order valence-corrected chi connectivity index (χ2v) is 6.06. The van der Waals surface area contributed by atoms with Gasteiger partial charge in [-0.3, -0.25) is 4.79 Å². The zero-order valence-electron chi connectivity index (χ0n) is 13.5. The zero-order valence-corrected chi connectivity index (χ0v) is 14.3. The van der Waals surface area contributed by atoms with Gasteiger partial charge in [0.15, 0.2) is 0 Å². The Labute approximate surface area is 140 Å². The molecule has 2 rings (SSSR count). The van der Waals surface area contributed by atoms with Crippen molar-refractivity contribution in [2.45, 2.75) is 51.5 Å². The summed E-state index contributed by atoms with van der Waals surface area (Å²) < 4.78 is 0. The van der Waals surface area contributed by atoms with Gasteiger partial charge in [-0.05, 0) is 44.2 Å². The van der Waals surface area contributed by atoms with E-state index in [4.69, 9.17) is 0 Å². The minimum absolute atomic E-state index is 0. The predicted molar refractivity (Wildman–Crippen MR) is 94.4 cm³/mol. The molecule has 0 aromatic heterocycles. The number of halogens is 1. The van der Waals surface area contributed by atoms with Crippen LogP contribution in [0.15, 0.2) is 30.3 Å². The van der Waals surface area contributed by atoms with E-state index in [1.165, 1.54) is 5.56 Å². The molecule has 2 N–H and O–H groups in total. The fraction of sp³-hybridized carbons (Fsp3) is 0.611. The standard InChI is InChI=1S/C18H28N2O.ClH/c1-2-7-17(12-11-15-8-4-3-5-9-15)20-18(21)16-10-6-13-19-14-16;/h3-5,8-9,16-17,19H,2,6-7,10-14H2,1H3,(H,20,21);1H. The summed E-state index contributed by atoms with van der Waals surface area (Å²) in [7, 11) is 0. The Morgan fingerprint density at radius 3 is 2.73 bits per heavy atom. The van der Waals surface area contributed by atoms with Crippen molar-refractivity contribution in [3.05, 3.63) is 35.9 Å². The van der Waals surface area contributed by atoms with E-state index < -0.39 is 0 Å². The summed E-state index contributed by atoms with van der Waals surface area (Å²) in [6, 6.07) is 10.8. The molecule has 1 saturated heterocycles. The van der Waals surface area contributed by atoms with Gasteiger partial charge < -0.3 is 10.6 Å². The van der Waals surface area contributed by atoms with Gasteiger partial charge >= 0.3 is 0 Å². The van der Waals surface area contributed by atoms with Crippen LogP contribution in [0.25, 0.3) is 0 Å². The van der Waals surface area contributed by atoms with E-state index in [-0.39, 0.29) is 24.2 Å². The van der Waals surface area contributed by atoms with Gasteiger partial charge in [0.05, 0.1) is 5.92 Å². The number of hydrogen-bond acceptors (Lipinski definition) is 2. The SMILES string of the molecule is CCCC(CCc1ccccc1)NC(=O)C1CCCNC1.Cl. The van der Waals surface area contributed by atoms with Crippen molar-refractivity contribution in [3.8, 4) is 0 Å². The van der Waals surface area contributed by atoms with Crippen LogP contribution in [-0.2, 0) is 11.2 Å². The van der Waals surface area contributed by atoms with Crippen molar-refractivity contribution in [1.29, 1.82) is 0 Å². The molecule has 0 spiro atoms. The maximum atomic E-state index is 12.3. The Kier molecular flexibility index (Phi) is 9.17. The largest absolute Gasteiger partial charge is 0.353 e. The number of aryl methyl sites for hydroxylation is 1. The fourth-order valence-corrected chi connectivity index (χ4v) is 3.02. The summed E-state index contributed by atoms with van der Waals surface area (Å²) in [6.07, 6.45) is 6.39. The maximum Gasteiger partial charge on any atom is 0.224 e. The third-order valence-electron chi connectivity index (χ3n) is 4.28. The monoisotopic (exact) mass is 324 g/mol. The molecular weight excluding hydrogens is 296 g/mol. The Morgan fingerprint density at radius 2 is 2.09 bits per heavy atom. The van der Waals surface area contributed by atoms with Gasteiger partial charge in [0, 0.05) is 12.6 Å². The molecule has 124 valence electrons. The van der Waals surface area contributed by atoms with Crippen LogP contribution in [0.2, 0.25) is 0 Å². The first-order valence-corrected chi connectivity index (χ1v) is 8.34. The summed E-state index contributed by atoms with van der Waals surface area (Å²) in [6.45, 7) is 4.07. The van der Waals surface area contributed by atoms with E-state index in [2.05, 4.69) is 41.8 Å². The fourth-order valence-electron chi connectivity index (χ4n) is 3.02. The molecule has 1 aromatic rings. The smallest absolute Gasteiger partial charge is 0.224 e. The lowest BCUT2D eigenvalue weighted by atomic mass is 9.96. The summed E-state index contributed by atoms with van der Waals surface area (Å²) >= 11 is 0. The summed E-state index contributed by atoms with van der Waals surface area (Å²) in [5.41, 5.74) is 1.35. The number of carbonyl (C=O) groups is 1. The van der Waals surface area contributed by atoms with Crippen LogP contribution in [0.1, 0.15) is 44.6 Å². The highest BCUT2D eigenvalue weighted by atomic mass is 35.5. The Hall–Kier alpha value is -1.06. The molecule has 4 heteroatoms. The number of hydrogen-bond donors (Lipinski definition) is 2. The van der Waals surface area contributed by atoms with Crippen molar-refractivity contribution in [3.63, 3.8) is 0 Å². The highest BCUT2D eigenvalue weighted by Crippen LogP contribution is 2.13. The summed E-state index contributed by atoms with van der Waals surface area (Å²) in [4.78, 5) is 12.3. The number of carbonyl (C=O) groups excluding carboxylic acids is 1. The van der Waals surface area contributed by atoms with Crippen LogP contribution in [0.4, 0.5) is 0 Å². The van der Waals surface area contributed by atoms with Crippen LogP contribution in [0.5, 0.6) is 0 Å². The van der Waals surface area contributed by atoms with E-state index in [0.29, 0.717) is 6.04 Å². The Morgan fingerprint density at radius 1 is 1.32 bits per heavy atom. The lowest BCUT2D eigenvalue weighted by molar-refractivity contribution is -0.126. The zero-order chi connectivity index (χ0) is 14.9. The molecule has 1 aliphatic rings. The van der Waals surface area contributed by atoms with Gasteiger partial charge in [-0.15, -0.1) is 12.4 Å². The minimum Gasteiger partial charge on any atom is -0.353 e. The second kappa shape index (κ2) is 10.6. The third-order valence-corrected chi connectivity index (χ3v) is 4.28. The first-order chi connectivity index (χ1) is 10.3. The van der Waals surface area contributed by atoms with Crippen LogP contribution in [0.3, 0.4) is 0 Å². The first kappa shape index (κ1) is 19.0. The van der Waals surface area contributed by atoms with Gasteiger partial charge in [0.2, 0.25) is 5.91 Å². The lowest BCUT2D eigenvalue weighted by Gasteiger charge is -2.25. The summed E-state index contributed by atoms with van der Waals surface area (Å²) in [5.74, 6) is 0.406. The van der Waals surface area contributed by atoms with Crippen molar-refractivity contribution < 1.29 is 4.79 Å². The van der Waals surface area contributed by atoms with Crippen molar-refractivity contribution in [2.75, 3.05) is 13.1 Å². The number of nitrogens with one attached hydrogen (secondary N) is 2. The molecule has 0 bridgehead atoms. The molecule has 1 amide bonds. The van der Waals surface area contributed by atoms with Crippen LogP contribution in [-0.4, -0.2) is 25.0 Å². The minimum atomic E-state index is 0. The number of rotatable bonds is 7. The molecule has 22 heavy (non-hydrogen) atoms. The number of piperidine rings is 1. The first-order valence-electron chi connectivity index (χ1n) is 8.34. The molecule has 1 aromatic carbocycles. The Bertz CT molecular complexity index is 418. The van der Waals surface area contributed by atoms with Crippen LogP contribution >= 0.6 is 12.4 Å². The average Bonchev–Trinajstić information content (AvgIpc) is 2.54. The van der Waals surface area contributed by atoms with Crippen LogP contribution in [0, 0.1) is 5.92 Å². The van der Waals surface area contributed by atoms with E-state index in [9.17, 15) is 4.79 Å². The van der Waals surface area contributed by atoms with Crippen molar-refractivity contribution >= 4 is 18.3 Å².